The van der Waals surface area contributed by atoms with Crippen LogP contribution in [-0.2, 0) is 11.3 Å². The number of halogens is 1. The minimum absolute atomic E-state index is 0.0177. The molecule has 1 aliphatic rings. The number of nitrogens with one attached hydrogen (secondary N) is 1. The molecule has 23 heavy (non-hydrogen) atoms. The molecule has 1 amide bonds. The summed E-state index contributed by atoms with van der Waals surface area (Å²) in [7, 11) is 0. The van der Waals surface area contributed by atoms with E-state index in [1.54, 1.807) is 6.20 Å². The number of amides is 1. The average molecular weight is 334 g/mol. The lowest BCUT2D eigenvalue weighted by atomic mass is 10.2. The monoisotopic (exact) mass is 333 g/mol. The first-order valence-electron chi connectivity index (χ1n) is 7.76. The van der Waals surface area contributed by atoms with Crippen LogP contribution < -0.4 is 5.32 Å². The van der Waals surface area contributed by atoms with Crippen LogP contribution in [0.4, 0.5) is 0 Å². The van der Waals surface area contributed by atoms with Crippen LogP contribution in [0.15, 0.2) is 36.7 Å². The van der Waals surface area contributed by atoms with Gasteiger partial charge in [-0.2, -0.15) is 0 Å². The summed E-state index contributed by atoms with van der Waals surface area (Å²) >= 11 is 6.11. The zero-order chi connectivity index (χ0) is 16.2. The molecule has 1 aromatic heterocycles. The molecule has 1 N–H and O–H groups in total. The second-order valence-corrected chi connectivity index (χ2v) is 6.21. The van der Waals surface area contributed by atoms with Gasteiger partial charge in [0.25, 0.3) is 0 Å². The van der Waals surface area contributed by atoms with E-state index in [1.807, 2.05) is 42.1 Å². The first kappa shape index (κ1) is 16.0. The summed E-state index contributed by atoms with van der Waals surface area (Å²) in [5.41, 5.74) is 0.927. The second kappa shape index (κ2) is 7.10. The van der Waals surface area contributed by atoms with E-state index < -0.39 is 0 Å². The molecule has 7 heteroatoms. The molecule has 0 aliphatic carbocycles. The molecular weight excluding hydrogens is 314 g/mol. The number of carbonyl (C=O) groups is 1. The van der Waals surface area contributed by atoms with Gasteiger partial charge < -0.3 is 5.32 Å². The molecule has 0 bridgehead atoms. The van der Waals surface area contributed by atoms with E-state index in [1.165, 1.54) is 0 Å². The minimum Gasteiger partial charge on any atom is -0.351 e. The third-order valence-electron chi connectivity index (χ3n) is 4.35. The van der Waals surface area contributed by atoms with Gasteiger partial charge in [0.05, 0.1) is 18.3 Å². The molecule has 2 atom stereocenters. The van der Waals surface area contributed by atoms with Crippen LogP contribution in [0.25, 0.3) is 0 Å². The third kappa shape index (κ3) is 3.71. The summed E-state index contributed by atoms with van der Waals surface area (Å²) in [5, 5.41) is 11.5. The number of carbonyl (C=O) groups excluding carboxylic acids is 1. The molecule has 1 fully saturated rings. The normalized spacial score (nSPS) is 19.7. The number of nitrogens with zero attached hydrogens (tertiary/aromatic N) is 4. The predicted molar refractivity (Wildman–Crippen MR) is 88.0 cm³/mol. The van der Waals surface area contributed by atoms with Crippen molar-refractivity contribution in [2.24, 2.45) is 0 Å². The van der Waals surface area contributed by atoms with Gasteiger partial charge in [0.1, 0.15) is 0 Å². The molecule has 0 radical (unpaired) electrons. The number of hydrogen-bond donors (Lipinski definition) is 1. The van der Waals surface area contributed by atoms with Crippen LogP contribution in [0.2, 0.25) is 5.02 Å². The van der Waals surface area contributed by atoms with Crippen molar-refractivity contribution >= 4 is 17.5 Å². The van der Waals surface area contributed by atoms with E-state index >= 15 is 0 Å². The number of aromatic nitrogens is 3. The van der Waals surface area contributed by atoms with Crippen LogP contribution in [0, 0.1) is 0 Å². The second-order valence-electron chi connectivity index (χ2n) is 5.81. The Morgan fingerprint density at radius 1 is 1.48 bits per heavy atom. The van der Waals surface area contributed by atoms with Crippen LogP contribution >= 0.6 is 11.6 Å². The highest BCUT2D eigenvalue weighted by atomic mass is 35.5. The zero-order valence-electron chi connectivity index (χ0n) is 13.0. The van der Waals surface area contributed by atoms with E-state index in [0.29, 0.717) is 11.6 Å². The van der Waals surface area contributed by atoms with Gasteiger partial charge in [0, 0.05) is 30.9 Å². The third-order valence-corrected chi connectivity index (χ3v) is 4.72. The summed E-state index contributed by atoms with van der Waals surface area (Å²) in [5.74, 6) is 0.0177. The SMILES string of the molecule is CC(C(=O)NCc1ccccc1Cl)N1CCC(n2ccnn2)C1. The predicted octanol–water partition coefficient (Wildman–Crippen LogP) is 1.88. The van der Waals surface area contributed by atoms with Crippen LogP contribution in [0.3, 0.4) is 0 Å². The van der Waals surface area contributed by atoms with Gasteiger partial charge >= 0.3 is 0 Å². The van der Waals surface area contributed by atoms with E-state index in [9.17, 15) is 4.79 Å². The van der Waals surface area contributed by atoms with Gasteiger partial charge in [0.2, 0.25) is 5.91 Å². The standard InChI is InChI=1S/C16H20ClN5O/c1-12(16(23)18-10-13-4-2-3-5-15(13)17)21-8-6-14(11-21)22-9-7-19-20-22/h2-5,7,9,12,14H,6,8,10-11H2,1H3,(H,18,23). The van der Waals surface area contributed by atoms with Crippen molar-refractivity contribution in [2.45, 2.75) is 32.0 Å². The Kier molecular flexibility index (Phi) is 4.93. The maximum atomic E-state index is 12.4. The molecule has 1 saturated heterocycles. The minimum atomic E-state index is -0.175. The van der Waals surface area contributed by atoms with E-state index in [4.69, 9.17) is 11.6 Å². The smallest absolute Gasteiger partial charge is 0.237 e. The average Bonchev–Trinajstić information content (AvgIpc) is 3.23. The van der Waals surface area contributed by atoms with Crippen LogP contribution in [0.5, 0.6) is 0 Å². The quantitative estimate of drug-likeness (QED) is 0.907. The largest absolute Gasteiger partial charge is 0.351 e. The van der Waals surface area contributed by atoms with Gasteiger partial charge in [-0.3, -0.25) is 9.69 Å². The van der Waals surface area contributed by atoms with Crippen molar-refractivity contribution in [1.29, 1.82) is 0 Å². The first-order chi connectivity index (χ1) is 11.1. The van der Waals surface area contributed by atoms with Crippen molar-refractivity contribution in [3.8, 4) is 0 Å². The lowest BCUT2D eigenvalue weighted by Gasteiger charge is -2.23. The highest BCUT2D eigenvalue weighted by molar-refractivity contribution is 6.31. The van der Waals surface area contributed by atoms with Gasteiger partial charge in [0.15, 0.2) is 0 Å². The van der Waals surface area contributed by atoms with Gasteiger partial charge in [-0.1, -0.05) is 35.0 Å². The topological polar surface area (TPSA) is 63.1 Å². The Morgan fingerprint density at radius 2 is 2.30 bits per heavy atom. The summed E-state index contributed by atoms with van der Waals surface area (Å²) in [6.07, 6.45) is 4.53. The number of hydrogen-bond acceptors (Lipinski definition) is 4. The Morgan fingerprint density at radius 3 is 3.04 bits per heavy atom. The van der Waals surface area contributed by atoms with E-state index in [-0.39, 0.29) is 18.0 Å². The molecule has 122 valence electrons. The molecule has 1 aromatic carbocycles. The summed E-state index contributed by atoms with van der Waals surface area (Å²) < 4.78 is 1.87. The zero-order valence-corrected chi connectivity index (χ0v) is 13.8. The maximum absolute atomic E-state index is 12.4. The van der Waals surface area contributed by atoms with Gasteiger partial charge in [-0.05, 0) is 25.0 Å². The summed E-state index contributed by atoms with van der Waals surface area (Å²) in [6.45, 7) is 4.07. The maximum Gasteiger partial charge on any atom is 0.237 e. The van der Waals surface area contributed by atoms with Crippen LogP contribution in [0.1, 0.15) is 24.9 Å². The number of rotatable bonds is 5. The lowest BCUT2D eigenvalue weighted by Crippen LogP contribution is -2.44. The summed E-state index contributed by atoms with van der Waals surface area (Å²) in [6, 6.07) is 7.66. The Bertz CT molecular complexity index is 660. The van der Waals surface area contributed by atoms with Crippen LogP contribution in [-0.4, -0.2) is 44.9 Å². The van der Waals surface area contributed by atoms with Gasteiger partial charge in [-0.25, -0.2) is 4.68 Å². The first-order valence-corrected chi connectivity index (χ1v) is 8.14. The van der Waals surface area contributed by atoms with Crippen molar-refractivity contribution in [3.63, 3.8) is 0 Å². The molecule has 3 rings (SSSR count). The van der Waals surface area contributed by atoms with E-state index in [2.05, 4.69) is 20.5 Å². The molecular formula is C16H20ClN5O. The lowest BCUT2D eigenvalue weighted by molar-refractivity contribution is -0.125. The van der Waals surface area contributed by atoms with E-state index in [0.717, 1.165) is 25.1 Å². The van der Waals surface area contributed by atoms with Crippen molar-refractivity contribution in [1.82, 2.24) is 25.2 Å². The van der Waals surface area contributed by atoms with Crippen molar-refractivity contribution in [2.75, 3.05) is 13.1 Å². The fraction of sp³-hybridized carbons (Fsp3) is 0.438. The number of benzene rings is 1. The molecule has 2 unspecified atom stereocenters. The molecule has 1 aliphatic heterocycles. The Labute approximate surface area is 140 Å². The fourth-order valence-corrected chi connectivity index (χ4v) is 3.09. The molecule has 0 spiro atoms. The molecule has 2 aromatic rings. The summed E-state index contributed by atoms with van der Waals surface area (Å²) in [4.78, 5) is 14.6. The molecule has 2 heterocycles. The van der Waals surface area contributed by atoms with Gasteiger partial charge in [-0.15, -0.1) is 5.10 Å². The Balaban J connectivity index is 1.53. The fourth-order valence-electron chi connectivity index (χ4n) is 2.89. The molecule has 0 saturated carbocycles. The highest BCUT2D eigenvalue weighted by Gasteiger charge is 2.30. The van der Waals surface area contributed by atoms with Crippen molar-refractivity contribution in [3.05, 3.63) is 47.2 Å². The molecule has 6 nitrogen and oxygen atoms in total. The number of likely N-dealkylation sites (tertiary alicyclic amines) is 1. The van der Waals surface area contributed by atoms with Crippen molar-refractivity contribution < 1.29 is 4.79 Å². The Hall–Kier alpha value is -1.92. The highest BCUT2D eigenvalue weighted by Crippen LogP contribution is 2.22.